The van der Waals surface area contributed by atoms with Gasteiger partial charge in [0.1, 0.15) is 11.6 Å². The van der Waals surface area contributed by atoms with Crippen molar-refractivity contribution in [1.82, 2.24) is 15.5 Å². The molecule has 21 heavy (non-hydrogen) atoms. The summed E-state index contributed by atoms with van der Waals surface area (Å²) in [5.74, 6) is -1.25. The number of hydrogen-bond acceptors (Lipinski definition) is 3. The molecule has 0 radical (unpaired) electrons. The van der Waals surface area contributed by atoms with E-state index in [-0.39, 0.29) is 24.4 Å². The highest BCUT2D eigenvalue weighted by molar-refractivity contribution is 5.78. The fraction of sp³-hybridized carbons (Fsp3) is 0.533. The van der Waals surface area contributed by atoms with Crippen LogP contribution in [0.4, 0.5) is 8.78 Å². The molecular formula is C15H21F2N3O. The molecule has 0 aromatic heterocycles. The molecule has 1 amide bonds. The van der Waals surface area contributed by atoms with Crippen molar-refractivity contribution in [1.29, 1.82) is 0 Å². The van der Waals surface area contributed by atoms with Crippen LogP contribution in [0.3, 0.4) is 0 Å². The Morgan fingerprint density at radius 2 is 2.14 bits per heavy atom. The van der Waals surface area contributed by atoms with Crippen LogP contribution in [0.5, 0.6) is 0 Å². The highest BCUT2D eigenvalue weighted by Gasteiger charge is 2.20. The number of benzene rings is 1. The minimum absolute atomic E-state index is 0.0216. The summed E-state index contributed by atoms with van der Waals surface area (Å²) in [7, 11) is 0. The van der Waals surface area contributed by atoms with Crippen molar-refractivity contribution < 1.29 is 13.6 Å². The lowest BCUT2D eigenvalue weighted by atomic mass is 10.1. The molecule has 0 saturated carbocycles. The van der Waals surface area contributed by atoms with Crippen molar-refractivity contribution in [3.63, 3.8) is 0 Å². The van der Waals surface area contributed by atoms with Gasteiger partial charge in [0.15, 0.2) is 0 Å². The van der Waals surface area contributed by atoms with Gasteiger partial charge in [-0.2, -0.15) is 0 Å². The molecule has 0 bridgehead atoms. The Labute approximate surface area is 123 Å². The van der Waals surface area contributed by atoms with E-state index >= 15 is 0 Å². The maximum Gasteiger partial charge on any atom is 0.234 e. The van der Waals surface area contributed by atoms with E-state index in [9.17, 15) is 13.6 Å². The van der Waals surface area contributed by atoms with Gasteiger partial charge in [-0.3, -0.25) is 9.69 Å². The second kappa shape index (κ2) is 7.47. The van der Waals surface area contributed by atoms with E-state index in [1.807, 2.05) is 0 Å². The van der Waals surface area contributed by atoms with Crippen LogP contribution in [0.2, 0.25) is 0 Å². The summed E-state index contributed by atoms with van der Waals surface area (Å²) < 4.78 is 26.9. The molecule has 1 aliphatic heterocycles. The van der Waals surface area contributed by atoms with E-state index in [0.717, 1.165) is 19.6 Å². The number of nitrogens with zero attached hydrogens (tertiary/aromatic N) is 1. The Hall–Kier alpha value is -1.53. The number of carbonyl (C=O) groups is 1. The lowest BCUT2D eigenvalue weighted by molar-refractivity contribution is -0.122. The number of hydrogen-bond donors (Lipinski definition) is 2. The normalized spacial score (nSPS) is 19.5. The van der Waals surface area contributed by atoms with Crippen molar-refractivity contribution in [3.8, 4) is 0 Å². The molecule has 116 valence electrons. The molecule has 2 rings (SSSR count). The zero-order valence-corrected chi connectivity index (χ0v) is 12.2. The first-order chi connectivity index (χ1) is 10.1. The average molecular weight is 297 g/mol. The summed E-state index contributed by atoms with van der Waals surface area (Å²) in [6.07, 6.45) is 0.154. The van der Waals surface area contributed by atoms with E-state index in [4.69, 9.17) is 0 Å². The summed E-state index contributed by atoms with van der Waals surface area (Å²) >= 11 is 0. The lowest BCUT2D eigenvalue weighted by Gasteiger charge is -2.33. The minimum Gasteiger partial charge on any atom is -0.355 e. The lowest BCUT2D eigenvalue weighted by Crippen LogP contribution is -2.52. The Bertz CT molecular complexity index is 476. The van der Waals surface area contributed by atoms with E-state index in [2.05, 4.69) is 22.5 Å². The van der Waals surface area contributed by atoms with E-state index < -0.39 is 11.6 Å². The van der Waals surface area contributed by atoms with Crippen molar-refractivity contribution in [2.45, 2.75) is 19.4 Å². The molecule has 1 aliphatic rings. The Balaban J connectivity index is 1.76. The first-order valence-electron chi connectivity index (χ1n) is 7.22. The minimum atomic E-state index is -0.569. The maximum atomic E-state index is 13.4. The zero-order valence-electron chi connectivity index (χ0n) is 12.2. The van der Waals surface area contributed by atoms with Crippen LogP contribution in [0.25, 0.3) is 0 Å². The van der Waals surface area contributed by atoms with Crippen molar-refractivity contribution in [2.75, 3.05) is 32.7 Å². The SMILES string of the molecule is C[C@H]1CNCCN1CC(=O)NCCc1c(F)cccc1F. The fourth-order valence-electron chi connectivity index (χ4n) is 2.46. The standard InChI is InChI=1S/C15H21F2N3O/c1-11-9-18-7-8-20(11)10-15(21)19-6-5-12-13(16)3-2-4-14(12)17/h2-4,11,18H,5-10H2,1H3,(H,19,21)/t11-/m0/s1. The molecule has 6 heteroatoms. The second-order valence-electron chi connectivity index (χ2n) is 5.32. The van der Waals surface area contributed by atoms with Gasteiger partial charge in [0.05, 0.1) is 6.54 Å². The molecule has 1 saturated heterocycles. The number of halogens is 2. The summed E-state index contributed by atoms with van der Waals surface area (Å²) in [5, 5.41) is 5.98. The predicted molar refractivity (Wildman–Crippen MR) is 77.0 cm³/mol. The average Bonchev–Trinajstić information content (AvgIpc) is 2.45. The van der Waals surface area contributed by atoms with Crippen LogP contribution in [-0.4, -0.2) is 49.6 Å². The van der Waals surface area contributed by atoms with Crippen LogP contribution >= 0.6 is 0 Å². The van der Waals surface area contributed by atoms with Gasteiger partial charge < -0.3 is 10.6 Å². The van der Waals surface area contributed by atoms with Crippen molar-refractivity contribution in [3.05, 3.63) is 35.4 Å². The summed E-state index contributed by atoms with van der Waals surface area (Å²) in [6.45, 7) is 5.19. The molecule has 0 aliphatic carbocycles. The number of carbonyl (C=O) groups excluding carboxylic acids is 1. The Kier molecular flexibility index (Phi) is 5.64. The molecule has 1 heterocycles. The largest absolute Gasteiger partial charge is 0.355 e. The van der Waals surface area contributed by atoms with Crippen LogP contribution in [0.1, 0.15) is 12.5 Å². The first kappa shape index (κ1) is 15.9. The zero-order chi connectivity index (χ0) is 15.2. The first-order valence-corrected chi connectivity index (χ1v) is 7.22. The smallest absolute Gasteiger partial charge is 0.234 e. The quantitative estimate of drug-likeness (QED) is 0.849. The number of nitrogens with one attached hydrogen (secondary N) is 2. The number of amides is 1. The van der Waals surface area contributed by atoms with E-state index in [0.29, 0.717) is 12.6 Å². The topological polar surface area (TPSA) is 44.4 Å². The second-order valence-corrected chi connectivity index (χ2v) is 5.32. The van der Waals surface area contributed by atoms with Gasteiger partial charge in [-0.25, -0.2) is 8.78 Å². The van der Waals surface area contributed by atoms with Crippen LogP contribution in [0.15, 0.2) is 18.2 Å². The van der Waals surface area contributed by atoms with Gasteiger partial charge in [0.25, 0.3) is 0 Å². The van der Waals surface area contributed by atoms with Gasteiger partial charge in [-0.15, -0.1) is 0 Å². The molecular weight excluding hydrogens is 276 g/mol. The van der Waals surface area contributed by atoms with Crippen LogP contribution in [0, 0.1) is 11.6 Å². The summed E-state index contributed by atoms with van der Waals surface area (Å²) in [4.78, 5) is 13.9. The van der Waals surface area contributed by atoms with Crippen molar-refractivity contribution in [2.24, 2.45) is 0 Å². The molecule has 4 nitrogen and oxygen atoms in total. The number of piperazine rings is 1. The molecule has 0 unspecified atom stereocenters. The fourth-order valence-corrected chi connectivity index (χ4v) is 2.46. The van der Waals surface area contributed by atoms with Crippen LogP contribution in [-0.2, 0) is 11.2 Å². The third-order valence-corrected chi connectivity index (χ3v) is 3.74. The number of rotatable bonds is 5. The van der Waals surface area contributed by atoms with Crippen LogP contribution < -0.4 is 10.6 Å². The Morgan fingerprint density at radius 3 is 2.81 bits per heavy atom. The van der Waals surface area contributed by atoms with Gasteiger partial charge >= 0.3 is 0 Å². The van der Waals surface area contributed by atoms with Gasteiger partial charge in [0, 0.05) is 37.8 Å². The van der Waals surface area contributed by atoms with Gasteiger partial charge in [-0.05, 0) is 25.5 Å². The van der Waals surface area contributed by atoms with Crippen molar-refractivity contribution >= 4 is 5.91 Å². The highest BCUT2D eigenvalue weighted by Crippen LogP contribution is 2.12. The third kappa shape index (κ3) is 4.47. The molecule has 1 atom stereocenters. The third-order valence-electron chi connectivity index (χ3n) is 3.74. The highest BCUT2D eigenvalue weighted by atomic mass is 19.1. The monoisotopic (exact) mass is 297 g/mol. The molecule has 1 fully saturated rings. The maximum absolute atomic E-state index is 13.4. The van der Waals surface area contributed by atoms with Gasteiger partial charge in [-0.1, -0.05) is 6.07 Å². The summed E-state index contributed by atoms with van der Waals surface area (Å²) in [6, 6.07) is 4.10. The molecule has 1 aromatic carbocycles. The molecule has 0 spiro atoms. The summed E-state index contributed by atoms with van der Waals surface area (Å²) in [5.41, 5.74) is 0.0216. The Morgan fingerprint density at radius 1 is 1.43 bits per heavy atom. The van der Waals surface area contributed by atoms with E-state index in [1.165, 1.54) is 18.2 Å². The molecule has 2 N–H and O–H groups in total. The van der Waals surface area contributed by atoms with Gasteiger partial charge in [0.2, 0.25) is 5.91 Å². The predicted octanol–water partition coefficient (Wildman–Crippen LogP) is 0.917. The van der Waals surface area contributed by atoms with E-state index in [1.54, 1.807) is 0 Å². The molecule has 1 aromatic rings.